The number of hydrogen-bond donors (Lipinski definition) is 2. The number of nitrogens with one attached hydrogen (secondary N) is 2. The number of H-pyrrole nitrogens is 1. The molecule has 0 fully saturated rings. The summed E-state index contributed by atoms with van der Waals surface area (Å²) < 4.78 is 0. The van der Waals surface area contributed by atoms with Crippen molar-refractivity contribution < 1.29 is 4.79 Å². The molecule has 1 aliphatic rings. The maximum Gasteiger partial charge on any atom is 0.259 e. The Labute approximate surface area is 160 Å². The molecule has 0 saturated heterocycles. The predicted octanol–water partition coefficient (Wildman–Crippen LogP) is 3.42. The second kappa shape index (κ2) is 7.37. The van der Waals surface area contributed by atoms with Crippen molar-refractivity contribution in [3.63, 3.8) is 0 Å². The summed E-state index contributed by atoms with van der Waals surface area (Å²) in [7, 11) is 0. The van der Waals surface area contributed by atoms with Gasteiger partial charge in [0.15, 0.2) is 0 Å². The van der Waals surface area contributed by atoms with Crippen LogP contribution in [0.4, 0.5) is 5.69 Å². The number of hydrogen-bond acceptors (Lipinski definition) is 4. The lowest BCUT2D eigenvalue weighted by Gasteiger charge is -2.09. The molecule has 0 bridgehead atoms. The number of amides is 1. The van der Waals surface area contributed by atoms with Crippen LogP contribution in [0.25, 0.3) is 10.2 Å². The lowest BCUT2D eigenvalue weighted by Crippen LogP contribution is -2.16. The van der Waals surface area contributed by atoms with Crippen LogP contribution in [0, 0.1) is 12.3 Å². The van der Waals surface area contributed by atoms with Crippen molar-refractivity contribution in [2.45, 2.75) is 38.5 Å². The first kappa shape index (κ1) is 17.5. The molecule has 27 heavy (non-hydrogen) atoms. The molecule has 0 radical (unpaired) electrons. The van der Waals surface area contributed by atoms with E-state index in [1.54, 1.807) is 35.6 Å². The zero-order chi connectivity index (χ0) is 18.8. The SMILES string of the molecule is C#Cc1cccc(NC(=O)CCc2nc3sc4c(c3c(=O)[nH]2)CCCC4)c1. The van der Waals surface area contributed by atoms with Gasteiger partial charge >= 0.3 is 0 Å². The summed E-state index contributed by atoms with van der Waals surface area (Å²) in [5.41, 5.74) is 2.47. The van der Waals surface area contributed by atoms with Crippen molar-refractivity contribution in [3.05, 3.63) is 56.4 Å². The molecule has 1 aliphatic carbocycles. The van der Waals surface area contributed by atoms with Gasteiger partial charge in [-0.1, -0.05) is 12.0 Å². The van der Waals surface area contributed by atoms with E-state index in [0.29, 0.717) is 23.5 Å². The van der Waals surface area contributed by atoms with Crippen LogP contribution in [-0.2, 0) is 24.1 Å². The molecule has 6 heteroatoms. The second-order valence-corrected chi connectivity index (χ2v) is 7.76. The number of aromatic nitrogens is 2. The highest BCUT2D eigenvalue weighted by Crippen LogP contribution is 2.33. The number of carbonyl (C=O) groups excluding carboxylic acids is 1. The van der Waals surface area contributed by atoms with Gasteiger partial charge in [-0.25, -0.2) is 4.98 Å². The Balaban J connectivity index is 1.48. The Hall–Kier alpha value is -2.91. The number of nitrogens with zero attached hydrogens (tertiary/aromatic N) is 1. The Morgan fingerprint density at radius 1 is 1.33 bits per heavy atom. The number of thiophene rings is 1. The van der Waals surface area contributed by atoms with Crippen LogP contribution >= 0.6 is 11.3 Å². The van der Waals surface area contributed by atoms with Crippen molar-refractivity contribution in [1.29, 1.82) is 0 Å². The number of fused-ring (bicyclic) bond motifs is 3. The molecular formula is C21H19N3O2S. The minimum atomic E-state index is -0.141. The topological polar surface area (TPSA) is 74.8 Å². The molecular weight excluding hydrogens is 358 g/mol. The molecule has 2 aromatic heterocycles. The third kappa shape index (κ3) is 3.64. The normalized spacial score (nSPS) is 13.1. The molecule has 1 amide bonds. The van der Waals surface area contributed by atoms with Gasteiger partial charge in [0.2, 0.25) is 5.91 Å². The summed E-state index contributed by atoms with van der Waals surface area (Å²) in [6.45, 7) is 0. The van der Waals surface area contributed by atoms with Gasteiger partial charge in [0.1, 0.15) is 10.7 Å². The molecule has 0 spiro atoms. The first-order valence-corrected chi connectivity index (χ1v) is 9.85. The molecule has 1 aromatic carbocycles. The second-order valence-electron chi connectivity index (χ2n) is 6.68. The fourth-order valence-electron chi connectivity index (χ4n) is 3.47. The first-order chi connectivity index (χ1) is 13.1. The van der Waals surface area contributed by atoms with Gasteiger partial charge in [0.05, 0.1) is 5.39 Å². The van der Waals surface area contributed by atoms with Crippen LogP contribution in [-0.4, -0.2) is 15.9 Å². The number of aryl methyl sites for hydroxylation is 3. The number of carbonyl (C=O) groups is 1. The fraction of sp³-hybridized carbons (Fsp3) is 0.286. The molecule has 3 aromatic rings. The van der Waals surface area contributed by atoms with E-state index in [1.807, 2.05) is 0 Å². The predicted molar refractivity (Wildman–Crippen MR) is 108 cm³/mol. The van der Waals surface area contributed by atoms with E-state index < -0.39 is 0 Å². The molecule has 0 atom stereocenters. The number of terminal acetylenes is 1. The zero-order valence-electron chi connectivity index (χ0n) is 14.8. The Morgan fingerprint density at radius 3 is 3.04 bits per heavy atom. The third-order valence-corrected chi connectivity index (χ3v) is 5.96. The minimum absolute atomic E-state index is 0.0865. The van der Waals surface area contributed by atoms with Crippen LogP contribution in [0.1, 0.15) is 41.1 Å². The quantitative estimate of drug-likeness (QED) is 0.684. The van der Waals surface area contributed by atoms with E-state index in [1.165, 1.54) is 16.9 Å². The maximum atomic E-state index is 12.5. The van der Waals surface area contributed by atoms with Crippen LogP contribution in [0.5, 0.6) is 0 Å². The molecule has 2 heterocycles. The van der Waals surface area contributed by atoms with Gasteiger partial charge in [-0.15, -0.1) is 17.8 Å². The van der Waals surface area contributed by atoms with E-state index >= 15 is 0 Å². The average Bonchev–Trinajstić information content (AvgIpc) is 3.05. The highest BCUT2D eigenvalue weighted by Gasteiger charge is 2.19. The summed E-state index contributed by atoms with van der Waals surface area (Å²) in [6.07, 6.45) is 10.3. The minimum Gasteiger partial charge on any atom is -0.326 e. The standard InChI is InChI=1S/C21H19N3O2S/c1-2-13-6-5-7-14(12-13)22-18(25)11-10-17-23-20(26)19-15-8-3-4-9-16(15)27-21(19)24-17/h1,5-7,12H,3-4,8-11H2,(H,22,25)(H,23,24,26). The summed E-state index contributed by atoms with van der Waals surface area (Å²) >= 11 is 1.62. The Bertz CT molecular complexity index is 1120. The Morgan fingerprint density at radius 2 is 2.19 bits per heavy atom. The summed E-state index contributed by atoms with van der Waals surface area (Å²) in [6, 6.07) is 7.15. The van der Waals surface area contributed by atoms with Gasteiger partial charge in [0, 0.05) is 29.0 Å². The number of benzene rings is 1. The van der Waals surface area contributed by atoms with Crippen molar-refractivity contribution in [1.82, 2.24) is 9.97 Å². The van der Waals surface area contributed by atoms with Crippen LogP contribution in [0.15, 0.2) is 29.1 Å². The van der Waals surface area contributed by atoms with Crippen LogP contribution < -0.4 is 10.9 Å². The van der Waals surface area contributed by atoms with E-state index in [2.05, 4.69) is 21.2 Å². The summed E-state index contributed by atoms with van der Waals surface area (Å²) in [5, 5.41) is 3.57. The average molecular weight is 377 g/mol. The molecule has 5 nitrogen and oxygen atoms in total. The van der Waals surface area contributed by atoms with Crippen molar-refractivity contribution in [2.24, 2.45) is 0 Å². The van der Waals surface area contributed by atoms with Gasteiger partial charge in [-0.3, -0.25) is 9.59 Å². The van der Waals surface area contributed by atoms with Crippen LogP contribution in [0.3, 0.4) is 0 Å². The molecule has 4 rings (SSSR count). The van der Waals surface area contributed by atoms with Gasteiger partial charge in [-0.2, -0.15) is 0 Å². The smallest absolute Gasteiger partial charge is 0.259 e. The largest absolute Gasteiger partial charge is 0.326 e. The van der Waals surface area contributed by atoms with Crippen molar-refractivity contribution >= 4 is 33.1 Å². The highest BCUT2D eigenvalue weighted by atomic mass is 32.1. The van der Waals surface area contributed by atoms with Gasteiger partial charge in [0.25, 0.3) is 5.56 Å². The maximum absolute atomic E-state index is 12.5. The zero-order valence-corrected chi connectivity index (χ0v) is 15.6. The number of rotatable bonds is 4. The fourth-order valence-corrected chi connectivity index (χ4v) is 4.75. The van der Waals surface area contributed by atoms with E-state index in [9.17, 15) is 9.59 Å². The molecule has 0 aliphatic heterocycles. The van der Waals surface area contributed by atoms with Gasteiger partial charge in [-0.05, 0) is 49.4 Å². The van der Waals surface area contributed by atoms with Crippen LogP contribution in [0.2, 0.25) is 0 Å². The first-order valence-electron chi connectivity index (χ1n) is 9.04. The van der Waals surface area contributed by atoms with Crippen molar-refractivity contribution in [3.8, 4) is 12.3 Å². The van der Waals surface area contributed by atoms with Crippen molar-refractivity contribution in [2.75, 3.05) is 5.32 Å². The van der Waals surface area contributed by atoms with E-state index in [-0.39, 0.29) is 17.9 Å². The molecule has 136 valence electrons. The number of aromatic amines is 1. The number of anilines is 1. The molecule has 0 unspecified atom stereocenters. The summed E-state index contributed by atoms with van der Waals surface area (Å²) in [5.74, 6) is 2.96. The molecule has 2 N–H and O–H groups in total. The van der Waals surface area contributed by atoms with E-state index in [4.69, 9.17) is 6.42 Å². The highest BCUT2D eigenvalue weighted by molar-refractivity contribution is 7.18. The summed E-state index contributed by atoms with van der Waals surface area (Å²) in [4.78, 5) is 34.3. The third-order valence-electron chi connectivity index (χ3n) is 4.78. The van der Waals surface area contributed by atoms with E-state index in [0.717, 1.165) is 29.5 Å². The lowest BCUT2D eigenvalue weighted by molar-refractivity contribution is -0.116. The monoisotopic (exact) mass is 377 g/mol. The van der Waals surface area contributed by atoms with Gasteiger partial charge < -0.3 is 10.3 Å². The molecule has 0 saturated carbocycles. The Kier molecular flexibility index (Phi) is 4.78. The lowest BCUT2D eigenvalue weighted by atomic mass is 9.97.